The number of para-hydroxylation sites is 1. The Kier molecular flexibility index (Phi) is 3.92. The molecule has 3 aromatic rings. The zero-order valence-electron chi connectivity index (χ0n) is 14.2. The number of aromatic nitrogens is 7. The average Bonchev–Trinajstić information content (AvgIpc) is 3.32. The first-order valence-corrected chi connectivity index (χ1v) is 8.07. The maximum Gasteiger partial charge on any atom is 0.338 e. The second kappa shape index (κ2) is 6.39. The van der Waals surface area contributed by atoms with Gasteiger partial charge in [-0.3, -0.25) is 0 Å². The molecule has 10 heteroatoms. The van der Waals surface area contributed by atoms with Crippen LogP contribution in [0.5, 0.6) is 0 Å². The Hall–Kier alpha value is -3.56. The lowest BCUT2D eigenvalue weighted by Gasteiger charge is -2.28. The van der Waals surface area contributed by atoms with Crippen molar-refractivity contribution in [3.63, 3.8) is 0 Å². The molecule has 1 aliphatic heterocycles. The van der Waals surface area contributed by atoms with Gasteiger partial charge < -0.3 is 10.1 Å². The van der Waals surface area contributed by atoms with Crippen molar-refractivity contribution in [3.05, 3.63) is 53.8 Å². The highest BCUT2D eigenvalue weighted by atomic mass is 16.5. The number of tetrazole rings is 1. The highest BCUT2D eigenvalue weighted by Crippen LogP contribution is 2.37. The van der Waals surface area contributed by atoms with Crippen LogP contribution in [0, 0.1) is 0 Å². The molecule has 2 aromatic heterocycles. The molecule has 132 valence electrons. The number of esters is 1. The van der Waals surface area contributed by atoms with Gasteiger partial charge in [-0.25, -0.2) is 14.5 Å². The van der Waals surface area contributed by atoms with Crippen molar-refractivity contribution in [2.75, 3.05) is 11.9 Å². The summed E-state index contributed by atoms with van der Waals surface area (Å²) in [5.74, 6) is 0.0333. The van der Waals surface area contributed by atoms with Crippen LogP contribution in [0.15, 0.2) is 48.2 Å². The van der Waals surface area contributed by atoms with Crippen LogP contribution in [0.2, 0.25) is 0 Å². The van der Waals surface area contributed by atoms with Crippen molar-refractivity contribution in [1.82, 2.24) is 35.0 Å². The molecule has 3 heterocycles. The quantitative estimate of drug-likeness (QED) is 0.695. The summed E-state index contributed by atoms with van der Waals surface area (Å²) in [5.41, 5.74) is 2.66. The van der Waals surface area contributed by atoms with Gasteiger partial charge in [-0.05, 0) is 30.3 Å². The van der Waals surface area contributed by atoms with E-state index in [-0.39, 0.29) is 6.61 Å². The Bertz CT molecular complexity index is 976. The minimum Gasteiger partial charge on any atom is -0.463 e. The molecule has 1 N–H and O–H groups in total. The van der Waals surface area contributed by atoms with E-state index < -0.39 is 12.0 Å². The molecule has 1 atom stereocenters. The fourth-order valence-corrected chi connectivity index (χ4v) is 3.03. The van der Waals surface area contributed by atoms with Crippen molar-refractivity contribution in [1.29, 1.82) is 0 Å². The number of nitrogens with zero attached hydrogens (tertiary/aromatic N) is 7. The van der Waals surface area contributed by atoms with Gasteiger partial charge >= 0.3 is 5.97 Å². The zero-order chi connectivity index (χ0) is 18.1. The molecule has 0 fully saturated rings. The van der Waals surface area contributed by atoms with Crippen LogP contribution in [0.25, 0.3) is 5.69 Å². The van der Waals surface area contributed by atoms with Crippen LogP contribution in [0.1, 0.15) is 25.5 Å². The molecule has 0 saturated carbocycles. The van der Waals surface area contributed by atoms with E-state index in [0.29, 0.717) is 17.2 Å². The number of allylic oxidation sites excluding steroid dienone is 1. The first kappa shape index (κ1) is 15.9. The number of benzene rings is 1. The van der Waals surface area contributed by atoms with Gasteiger partial charge in [-0.15, -0.1) is 0 Å². The lowest BCUT2D eigenvalue weighted by molar-refractivity contribution is -0.139. The number of carbonyl (C=O) groups is 1. The van der Waals surface area contributed by atoms with Crippen LogP contribution in [-0.4, -0.2) is 47.5 Å². The number of carbonyl (C=O) groups excluding carboxylic acids is 1. The van der Waals surface area contributed by atoms with Gasteiger partial charge in [-0.2, -0.15) is 9.78 Å². The minimum absolute atomic E-state index is 0.273. The Morgan fingerprint density at radius 3 is 2.96 bits per heavy atom. The molecule has 1 aromatic carbocycles. The summed E-state index contributed by atoms with van der Waals surface area (Å²) in [4.78, 5) is 16.7. The summed E-state index contributed by atoms with van der Waals surface area (Å²) in [6, 6.07) is 7.03. The van der Waals surface area contributed by atoms with E-state index in [1.807, 2.05) is 24.3 Å². The molecule has 10 nitrogen and oxygen atoms in total. The van der Waals surface area contributed by atoms with Crippen LogP contribution in [0.4, 0.5) is 5.95 Å². The third-order valence-corrected chi connectivity index (χ3v) is 4.11. The first-order chi connectivity index (χ1) is 12.7. The van der Waals surface area contributed by atoms with Gasteiger partial charge in [0, 0.05) is 11.3 Å². The van der Waals surface area contributed by atoms with Crippen LogP contribution >= 0.6 is 0 Å². The standard InChI is InChI=1S/C16H16N8O2/c1-3-26-15(25)13-10(2)19-16-20-21-22-24(16)14(13)11-6-4-5-7-12(11)23-9-17-8-18-23/h4-9,14H,3H2,1-2H3,(H,19,20,22). The lowest BCUT2D eigenvalue weighted by atomic mass is 9.94. The van der Waals surface area contributed by atoms with Crippen molar-refractivity contribution in [3.8, 4) is 5.69 Å². The number of ether oxygens (including phenoxy) is 1. The third-order valence-electron chi connectivity index (χ3n) is 4.11. The topological polar surface area (TPSA) is 113 Å². The predicted octanol–water partition coefficient (Wildman–Crippen LogP) is 1.11. The van der Waals surface area contributed by atoms with E-state index >= 15 is 0 Å². The van der Waals surface area contributed by atoms with Crippen molar-refractivity contribution < 1.29 is 9.53 Å². The Labute approximate surface area is 148 Å². The van der Waals surface area contributed by atoms with Crippen molar-refractivity contribution >= 4 is 11.9 Å². The first-order valence-electron chi connectivity index (χ1n) is 8.07. The molecule has 4 rings (SSSR count). The largest absolute Gasteiger partial charge is 0.463 e. The predicted molar refractivity (Wildman–Crippen MR) is 90.3 cm³/mol. The molecule has 0 aliphatic carbocycles. The monoisotopic (exact) mass is 352 g/mol. The van der Waals surface area contributed by atoms with Gasteiger partial charge in [0.05, 0.1) is 17.9 Å². The summed E-state index contributed by atoms with van der Waals surface area (Å²) in [5, 5.41) is 19.0. The van der Waals surface area contributed by atoms with Gasteiger partial charge in [-0.1, -0.05) is 23.3 Å². The van der Waals surface area contributed by atoms with Crippen molar-refractivity contribution in [2.24, 2.45) is 0 Å². The van der Waals surface area contributed by atoms with E-state index in [9.17, 15) is 4.79 Å². The minimum atomic E-state index is -0.555. The summed E-state index contributed by atoms with van der Waals surface area (Å²) in [6.07, 6.45) is 3.05. The fraction of sp³-hybridized carbons (Fsp3) is 0.250. The molecular formula is C16H16N8O2. The van der Waals surface area contributed by atoms with E-state index in [4.69, 9.17) is 4.74 Å². The maximum atomic E-state index is 12.7. The van der Waals surface area contributed by atoms with Crippen LogP contribution in [-0.2, 0) is 9.53 Å². The van der Waals surface area contributed by atoms with Crippen LogP contribution in [0.3, 0.4) is 0 Å². The number of hydrogen-bond donors (Lipinski definition) is 1. The molecule has 0 spiro atoms. The maximum absolute atomic E-state index is 12.7. The van der Waals surface area contributed by atoms with Crippen LogP contribution < -0.4 is 5.32 Å². The molecule has 0 saturated heterocycles. The SMILES string of the molecule is CCOC(=O)C1=C(C)Nc2nnnn2C1c1ccccc1-n1cncn1. The van der Waals surface area contributed by atoms with Crippen molar-refractivity contribution in [2.45, 2.75) is 19.9 Å². The molecule has 0 amide bonds. The number of nitrogens with one attached hydrogen (secondary N) is 1. The van der Waals surface area contributed by atoms with Gasteiger partial charge in [0.25, 0.3) is 0 Å². The summed E-state index contributed by atoms with van der Waals surface area (Å²) >= 11 is 0. The molecule has 1 aliphatic rings. The third kappa shape index (κ3) is 2.51. The highest BCUT2D eigenvalue weighted by molar-refractivity contribution is 5.92. The molecule has 0 bridgehead atoms. The Balaban J connectivity index is 1.93. The van der Waals surface area contributed by atoms with E-state index in [2.05, 4.69) is 30.9 Å². The van der Waals surface area contributed by atoms with Gasteiger partial charge in [0.2, 0.25) is 5.95 Å². The second-order valence-electron chi connectivity index (χ2n) is 5.63. The molecule has 1 unspecified atom stereocenters. The fourth-order valence-electron chi connectivity index (χ4n) is 3.03. The van der Waals surface area contributed by atoms with E-state index in [1.165, 1.54) is 6.33 Å². The smallest absolute Gasteiger partial charge is 0.338 e. The van der Waals surface area contributed by atoms with E-state index in [1.54, 1.807) is 29.5 Å². The second-order valence-corrected chi connectivity index (χ2v) is 5.63. The Morgan fingerprint density at radius 2 is 2.19 bits per heavy atom. The lowest BCUT2D eigenvalue weighted by Crippen LogP contribution is -2.30. The average molecular weight is 352 g/mol. The molecule has 0 radical (unpaired) electrons. The highest BCUT2D eigenvalue weighted by Gasteiger charge is 2.36. The normalized spacial score (nSPS) is 16.2. The van der Waals surface area contributed by atoms with Gasteiger partial charge in [0.15, 0.2) is 0 Å². The number of fused-ring (bicyclic) bond motifs is 1. The number of hydrogen-bond acceptors (Lipinski definition) is 8. The number of rotatable bonds is 4. The summed E-state index contributed by atoms with van der Waals surface area (Å²) in [7, 11) is 0. The number of anilines is 1. The summed E-state index contributed by atoms with van der Waals surface area (Å²) in [6.45, 7) is 3.84. The summed E-state index contributed by atoms with van der Waals surface area (Å²) < 4.78 is 8.48. The van der Waals surface area contributed by atoms with E-state index in [0.717, 1.165) is 11.3 Å². The zero-order valence-corrected chi connectivity index (χ0v) is 14.2. The van der Waals surface area contributed by atoms with Gasteiger partial charge in [0.1, 0.15) is 18.7 Å². The molecule has 26 heavy (non-hydrogen) atoms. The molecular weight excluding hydrogens is 336 g/mol. The Morgan fingerprint density at radius 1 is 1.35 bits per heavy atom.